The third kappa shape index (κ3) is 4.55. The lowest BCUT2D eigenvalue weighted by molar-refractivity contribution is -0.133. The molecule has 0 aromatic heterocycles. The van der Waals surface area contributed by atoms with Crippen molar-refractivity contribution in [1.82, 2.24) is 15.1 Å². The zero-order valence-corrected chi connectivity index (χ0v) is 18.8. The second-order valence-corrected chi connectivity index (χ2v) is 8.68. The van der Waals surface area contributed by atoms with Gasteiger partial charge < -0.3 is 10.1 Å². The molecule has 2 aliphatic rings. The van der Waals surface area contributed by atoms with Crippen LogP contribution in [0, 0.1) is 5.92 Å². The molecule has 2 fully saturated rings. The quantitative estimate of drug-likeness (QED) is 0.678. The van der Waals surface area contributed by atoms with E-state index in [0.29, 0.717) is 6.42 Å². The first-order valence-electron chi connectivity index (χ1n) is 11.2. The summed E-state index contributed by atoms with van der Waals surface area (Å²) < 4.78 is 5.35. The normalized spacial score (nSPS) is 22.5. The fourth-order valence-corrected chi connectivity index (χ4v) is 4.88. The molecule has 2 aromatic rings. The molecule has 32 heavy (non-hydrogen) atoms. The van der Waals surface area contributed by atoms with Gasteiger partial charge in [-0.1, -0.05) is 54.6 Å². The van der Waals surface area contributed by atoms with Crippen molar-refractivity contribution in [2.45, 2.75) is 24.8 Å². The van der Waals surface area contributed by atoms with E-state index in [2.05, 4.69) is 34.5 Å². The predicted octanol–water partition coefficient (Wildman–Crippen LogP) is 3.58. The number of carbonyl (C=O) groups excluding carboxylic acids is 2. The Kier molecular flexibility index (Phi) is 6.61. The van der Waals surface area contributed by atoms with Gasteiger partial charge in [-0.05, 0) is 55.1 Å². The Morgan fingerprint density at radius 2 is 1.84 bits per heavy atom. The Morgan fingerprint density at radius 1 is 1.09 bits per heavy atom. The number of likely N-dealkylation sites (N-methyl/N-ethyl adjacent to an activating group) is 1. The molecule has 0 bridgehead atoms. The van der Waals surface area contributed by atoms with E-state index in [4.69, 9.17) is 4.74 Å². The van der Waals surface area contributed by atoms with Crippen molar-refractivity contribution >= 4 is 18.0 Å². The van der Waals surface area contributed by atoms with E-state index in [1.54, 1.807) is 14.2 Å². The second kappa shape index (κ2) is 9.57. The van der Waals surface area contributed by atoms with Crippen LogP contribution < -0.4 is 10.1 Å². The van der Waals surface area contributed by atoms with Crippen molar-refractivity contribution in [3.05, 3.63) is 71.8 Å². The summed E-state index contributed by atoms with van der Waals surface area (Å²) in [6, 6.07) is 17.7. The molecule has 1 atom stereocenters. The Labute approximate surface area is 189 Å². The molecule has 6 nitrogen and oxygen atoms in total. The monoisotopic (exact) mass is 433 g/mol. The highest BCUT2D eigenvalue weighted by atomic mass is 16.5. The molecule has 1 N–H and O–H groups in total. The van der Waals surface area contributed by atoms with E-state index in [-0.39, 0.29) is 17.9 Å². The minimum absolute atomic E-state index is 0.0875. The summed E-state index contributed by atoms with van der Waals surface area (Å²) >= 11 is 0. The van der Waals surface area contributed by atoms with Gasteiger partial charge in [0.15, 0.2) is 0 Å². The molecule has 2 aromatic carbocycles. The van der Waals surface area contributed by atoms with Gasteiger partial charge in [0.1, 0.15) is 11.3 Å². The first-order chi connectivity index (χ1) is 15.5. The topological polar surface area (TPSA) is 61.9 Å². The number of rotatable bonds is 7. The number of piperidine rings is 1. The number of urea groups is 1. The molecule has 0 spiro atoms. The molecule has 2 saturated heterocycles. The summed E-state index contributed by atoms with van der Waals surface area (Å²) in [5, 5.41) is 3.07. The lowest BCUT2D eigenvalue weighted by Crippen LogP contribution is -2.57. The third-order valence-corrected chi connectivity index (χ3v) is 6.70. The summed E-state index contributed by atoms with van der Waals surface area (Å²) in [5.74, 6) is 0.708. The highest BCUT2D eigenvalue weighted by Gasteiger charge is 2.54. The average molecular weight is 434 g/mol. The van der Waals surface area contributed by atoms with Crippen LogP contribution in [0.2, 0.25) is 0 Å². The lowest BCUT2D eigenvalue weighted by atomic mass is 9.74. The molecule has 6 heteroatoms. The molecule has 1 unspecified atom stereocenters. The zero-order chi connectivity index (χ0) is 22.6. The molecule has 3 amide bonds. The number of amides is 3. The minimum atomic E-state index is -0.899. The van der Waals surface area contributed by atoms with Gasteiger partial charge in [0.2, 0.25) is 0 Å². The van der Waals surface area contributed by atoms with Crippen LogP contribution in [-0.4, -0.2) is 61.1 Å². The maximum atomic E-state index is 13.3. The van der Waals surface area contributed by atoms with Crippen molar-refractivity contribution in [3.63, 3.8) is 0 Å². The minimum Gasteiger partial charge on any atom is -0.497 e. The number of hydrogen-bond donors (Lipinski definition) is 1. The van der Waals surface area contributed by atoms with E-state index < -0.39 is 5.54 Å². The largest absolute Gasteiger partial charge is 0.497 e. The van der Waals surface area contributed by atoms with Crippen LogP contribution in [-0.2, 0) is 11.2 Å². The second-order valence-electron chi connectivity index (χ2n) is 8.68. The number of nitrogens with zero attached hydrogens (tertiary/aromatic N) is 2. The highest BCUT2D eigenvalue weighted by molar-refractivity contribution is 6.07. The van der Waals surface area contributed by atoms with Crippen LogP contribution in [0.25, 0.3) is 6.08 Å². The number of carbonyl (C=O) groups is 2. The number of methoxy groups -OCH3 is 1. The van der Waals surface area contributed by atoms with Gasteiger partial charge in [-0.25, -0.2) is 4.79 Å². The fraction of sp³-hybridized carbons (Fsp3) is 0.385. The molecule has 0 aliphatic carbocycles. The molecule has 168 valence electrons. The first-order valence-corrected chi connectivity index (χ1v) is 11.2. The van der Waals surface area contributed by atoms with Crippen LogP contribution in [0.4, 0.5) is 4.79 Å². The van der Waals surface area contributed by atoms with Gasteiger partial charge in [-0.15, -0.1) is 0 Å². The number of ether oxygens (including phenoxy) is 1. The van der Waals surface area contributed by atoms with Crippen LogP contribution in [0.15, 0.2) is 60.7 Å². The maximum absolute atomic E-state index is 13.3. The van der Waals surface area contributed by atoms with E-state index in [1.807, 2.05) is 42.5 Å². The van der Waals surface area contributed by atoms with Crippen molar-refractivity contribution in [2.24, 2.45) is 5.92 Å². The van der Waals surface area contributed by atoms with Crippen molar-refractivity contribution < 1.29 is 14.3 Å². The number of nitrogens with one attached hydrogen (secondary N) is 1. The van der Waals surface area contributed by atoms with Crippen LogP contribution in [0.1, 0.15) is 24.0 Å². The smallest absolute Gasteiger partial charge is 0.324 e. The molecule has 2 aliphatic heterocycles. The highest BCUT2D eigenvalue weighted by Crippen LogP contribution is 2.36. The van der Waals surface area contributed by atoms with Crippen molar-refractivity contribution in [2.75, 3.05) is 33.8 Å². The van der Waals surface area contributed by atoms with E-state index >= 15 is 0 Å². The summed E-state index contributed by atoms with van der Waals surface area (Å²) in [5.41, 5.74) is 1.29. The Hall–Kier alpha value is -3.12. The Morgan fingerprint density at radius 3 is 2.50 bits per heavy atom. The van der Waals surface area contributed by atoms with Gasteiger partial charge in [0, 0.05) is 20.0 Å². The van der Waals surface area contributed by atoms with Crippen LogP contribution in [0.3, 0.4) is 0 Å². The van der Waals surface area contributed by atoms with E-state index in [1.165, 1.54) is 10.5 Å². The lowest BCUT2D eigenvalue weighted by Gasteiger charge is -2.40. The van der Waals surface area contributed by atoms with Gasteiger partial charge >= 0.3 is 6.03 Å². The third-order valence-electron chi connectivity index (χ3n) is 6.70. The van der Waals surface area contributed by atoms with Crippen molar-refractivity contribution in [3.8, 4) is 5.75 Å². The Balaban J connectivity index is 1.45. The van der Waals surface area contributed by atoms with Crippen LogP contribution >= 0.6 is 0 Å². The summed E-state index contributed by atoms with van der Waals surface area (Å²) in [7, 11) is 3.20. The first kappa shape index (κ1) is 22.1. The molecule has 2 heterocycles. The average Bonchev–Trinajstić information content (AvgIpc) is 3.04. The molecular weight excluding hydrogens is 402 g/mol. The molecule has 0 radical (unpaired) electrons. The maximum Gasteiger partial charge on any atom is 0.324 e. The standard InChI is InChI=1S/C26H31N3O3/c1-28-24(30)26(27-25(28)31,19-21-10-6-12-23(18-21)32-2)22-13-16-29(17-14-22)15-7-11-20-8-4-3-5-9-20/h3-12,18,22H,13-17,19H2,1-2H3,(H,27,31). The number of hydrogen-bond acceptors (Lipinski definition) is 4. The number of likely N-dealkylation sites (tertiary alicyclic amines) is 1. The zero-order valence-electron chi connectivity index (χ0n) is 18.8. The fourth-order valence-electron chi connectivity index (χ4n) is 4.88. The Bertz CT molecular complexity index is 983. The SMILES string of the molecule is COc1cccc(CC2(C3CCN(CC=Cc4ccccc4)CC3)NC(=O)N(C)C2=O)c1. The van der Waals surface area contributed by atoms with Crippen LogP contribution in [0.5, 0.6) is 5.75 Å². The number of imide groups is 1. The van der Waals surface area contributed by atoms with Gasteiger partial charge in [-0.2, -0.15) is 0 Å². The van der Waals surface area contributed by atoms with Crippen molar-refractivity contribution in [1.29, 1.82) is 0 Å². The number of benzene rings is 2. The summed E-state index contributed by atoms with van der Waals surface area (Å²) in [6.07, 6.45) is 6.54. The molecule has 4 rings (SSSR count). The summed E-state index contributed by atoms with van der Waals surface area (Å²) in [6.45, 7) is 2.68. The van der Waals surface area contributed by atoms with Gasteiger partial charge in [0.25, 0.3) is 5.91 Å². The summed E-state index contributed by atoms with van der Waals surface area (Å²) in [4.78, 5) is 29.4. The van der Waals surface area contributed by atoms with E-state index in [0.717, 1.165) is 43.8 Å². The van der Waals surface area contributed by atoms with E-state index in [9.17, 15) is 9.59 Å². The van der Waals surface area contributed by atoms with Gasteiger partial charge in [-0.3, -0.25) is 14.6 Å². The molecule has 0 saturated carbocycles. The molecular formula is C26H31N3O3. The van der Waals surface area contributed by atoms with Gasteiger partial charge in [0.05, 0.1) is 7.11 Å². The predicted molar refractivity (Wildman–Crippen MR) is 125 cm³/mol.